The molecule has 4 heterocycles. The van der Waals surface area contributed by atoms with E-state index in [-0.39, 0.29) is 42.0 Å². The monoisotopic (exact) mass is 754 g/mol. The van der Waals surface area contributed by atoms with E-state index >= 15 is 0 Å². The molecule has 13 nitrogen and oxygen atoms in total. The van der Waals surface area contributed by atoms with Crippen LogP contribution in [0.4, 0.5) is 0 Å². The smallest absolute Gasteiger partial charge is 0.268 e. The zero-order valence-electron chi connectivity index (χ0n) is 31.2. The normalized spacial score (nSPS) is 27.8. The number of rotatable bonds is 6. The van der Waals surface area contributed by atoms with Gasteiger partial charge in [0.1, 0.15) is 30.2 Å². The highest BCUT2D eigenvalue weighted by Crippen LogP contribution is 2.27. The van der Waals surface area contributed by atoms with Crippen molar-refractivity contribution in [1.82, 2.24) is 30.5 Å². The van der Waals surface area contributed by atoms with Crippen LogP contribution in [0, 0.1) is 5.92 Å². The van der Waals surface area contributed by atoms with Crippen molar-refractivity contribution in [1.29, 1.82) is 0 Å². The molecule has 0 aliphatic carbocycles. The third-order valence-electron chi connectivity index (χ3n) is 11.1. The van der Waals surface area contributed by atoms with Gasteiger partial charge in [-0.3, -0.25) is 24.0 Å². The van der Waals surface area contributed by atoms with Crippen molar-refractivity contribution in [3.05, 3.63) is 71.8 Å². The second kappa shape index (κ2) is 17.4. The molecule has 286 valence electrons. The third kappa shape index (κ3) is 8.38. The van der Waals surface area contributed by atoms with Crippen molar-refractivity contribution in [3.63, 3.8) is 0 Å². The number of hydrogen-bond donors (Lipinski definition) is 2. The van der Waals surface area contributed by atoms with Gasteiger partial charge in [0, 0.05) is 32.4 Å². The van der Waals surface area contributed by atoms with Crippen LogP contribution in [0.2, 0.25) is 0 Å². The summed E-state index contributed by atoms with van der Waals surface area (Å²) in [6, 6.07) is 13.6. The average Bonchev–Trinajstić information content (AvgIpc) is 3.71. The molecule has 7 atom stereocenters. The molecule has 2 saturated heterocycles. The summed E-state index contributed by atoms with van der Waals surface area (Å²) in [7, 11) is 1.58. The molecule has 5 amide bonds. The van der Waals surface area contributed by atoms with Gasteiger partial charge in [0.25, 0.3) is 11.8 Å². The minimum absolute atomic E-state index is 0.206. The van der Waals surface area contributed by atoms with Crippen molar-refractivity contribution in [2.45, 2.75) is 108 Å². The summed E-state index contributed by atoms with van der Waals surface area (Å²) in [5.41, 5.74) is 1.77. The summed E-state index contributed by atoms with van der Waals surface area (Å²) in [5, 5.41) is 17.7. The lowest BCUT2D eigenvalue weighted by molar-refractivity contribution is -0.156. The van der Waals surface area contributed by atoms with Crippen LogP contribution >= 0.6 is 12.2 Å². The molecule has 0 radical (unpaired) electrons. The standard InChI is InChI=1S/C40H50N8O5S/c1-4-26(2)34-40(53)48-32(19-12-22-42-48)39(52)47-31(18-11-21-41-47)37(50)45(3)33(25-28-16-9-6-10-17-28)38(51)46-23-13-20-30(46)35(49)43-29(36(54)44-34)24-27-14-7-5-8-15-27/h5-10,14-17,21-22,26,29-34H,4,11-13,18-20,23-25H2,1-3H3,(H,43,49)(H,44,54)/t26-,29-,30+,31+,32-,33-,34+/m1/s1. The number of benzene rings is 2. The molecule has 2 fully saturated rings. The summed E-state index contributed by atoms with van der Waals surface area (Å²) < 4.78 is 0. The van der Waals surface area contributed by atoms with E-state index in [1.54, 1.807) is 24.4 Å². The Morgan fingerprint density at radius 2 is 1.31 bits per heavy atom. The Balaban J connectivity index is 1.43. The van der Waals surface area contributed by atoms with Crippen molar-refractivity contribution in [2.75, 3.05) is 13.6 Å². The van der Waals surface area contributed by atoms with Crippen LogP contribution in [0.3, 0.4) is 0 Å². The van der Waals surface area contributed by atoms with Crippen molar-refractivity contribution in [3.8, 4) is 0 Å². The van der Waals surface area contributed by atoms with E-state index in [2.05, 4.69) is 20.8 Å². The van der Waals surface area contributed by atoms with E-state index in [1.165, 1.54) is 14.9 Å². The molecule has 2 N–H and O–H groups in total. The van der Waals surface area contributed by atoms with Gasteiger partial charge in [-0.05, 0) is 62.0 Å². The highest BCUT2D eigenvalue weighted by atomic mass is 32.1. The van der Waals surface area contributed by atoms with Gasteiger partial charge in [0.05, 0.1) is 11.0 Å². The average molecular weight is 755 g/mol. The second-order valence-corrected chi connectivity index (χ2v) is 15.1. The van der Waals surface area contributed by atoms with Crippen LogP contribution in [-0.4, -0.2) is 117 Å². The molecule has 0 bridgehead atoms. The molecular formula is C40H50N8O5S. The Bertz CT molecular complexity index is 1770. The van der Waals surface area contributed by atoms with Crippen LogP contribution in [0.15, 0.2) is 70.9 Å². The van der Waals surface area contributed by atoms with E-state index in [9.17, 15) is 24.0 Å². The Kier molecular flexibility index (Phi) is 12.5. The van der Waals surface area contributed by atoms with Gasteiger partial charge in [-0.2, -0.15) is 10.2 Å². The third-order valence-corrected chi connectivity index (χ3v) is 11.5. The Morgan fingerprint density at radius 3 is 1.93 bits per heavy atom. The van der Waals surface area contributed by atoms with E-state index in [1.807, 2.05) is 74.5 Å². The zero-order valence-corrected chi connectivity index (χ0v) is 32.0. The minimum Gasteiger partial charge on any atom is -0.366 e. The summed E-state index contributed by atoms with van der Waals surface area (Å²) in [6.45, 7) is 4.23. The number of fused-ring (bicyclic) bond motifs is 3. The summed E-state index contributed by atoms with van der Waals surface area (Å²) in [6.07, 6.45) is 6.88. The first-order chi connectivity index (χ1) is 26.1. The number of thiocarbonyl (C=S) groups is 1. The fraction of sp³-hybridized carbons (Fsp3) is 0.500. The molecule has 6 rings (SSSR count). The van der Waals surface area contributed by atoms with E-state index < -0.39 is 54.0 Å². The van der Waals surface area contributed by atoms with Crippen molar-refractivity contribution >= 4 is 59.2 Å². The van der Waals surface area contributed by atoms with E-state index in [0.29, 0.717) is 45.1 Å². The predicted molar refractivity (Wildman–Crippen MR) is 209 cm³/mol. The number of hydrogen-bond acceptors (Lipinski definition) is 8. The lowest BCUT2D eigenvalue weighted by Gasteiger charge is -2.40. The van der Waals surface area contributed by atoms with Gasteiger partial charge >= 0.3 is 0 Å². The molecule has 0 aromatic heterocycles. The summed E-state index contributed by atoms with van der Waals surface area (Å²) in [4.78, 5) is 75.9. The molecule has 0 saturated carbocycles. The van der Waals surface area contributed by atoms with Crippen molar-refractivity contribution in [2.24, 2.45) is 16.1 Å². The number of nitrogens with one attached hydrogen (secondary N) is 2. The van der Waals surface area contributed by atoms with Gasteiger partial charge in [-0.25, -0.2) is 10.0 Å². The van der Waals surface area contributed by atoms with Crippen LogP contribution in [0.1, 0.15) is 69.9 Å². The first kappa shape index (κ1) is 38.7. The number of likely N-dealkylation sites (N-methyl/N-ethyl adjacent to an activating group) is 1. The highest BCUT2D eigenvalue weighted by Gasteiger charge is 2.46. The number of carbonyl (C=O) groups is 5. The quantitative estimate of drug-likeness (QED) is 0.431. The van der Waals surface area contributed by atoms with Crippen LogP contribution < -0.4 is 10.6 Å². The van der Waals surface area contributed by atoms with Gasteiger partial charge in [-0.1, -0.05) is 93.1 Å². The lowest BCUT2D eigenvalue weighted by Crippen LogP contribution is -2.62. The zero-order chi connectivity index (χ0) is 38.4. The maximum Gasteiger partial charge on any atom is 0.268 e. The van der Waals surface area contributed by atoms with Crippen LogP contribution in [-0.2, 0) is 36.8 Å². The van der Waals surface area contributed by atoms with Gasteiger partial charge in [-0.15, -0.1) is 0 Å². The maximum absolute atomic E-state index is 14.7. The highest BCUT2D eigenvalue weighted by molar-refractivity contribution is 7.80. The minimum atomic E-state index is -1.02. The molecule has 4 aliphatic heterocycles. The van der Waals surface area contributed by atoms with Crippen molar-refractivity contribution < 1.29 is 24.0 Å². The predicted octanol–water partition coefficient (Wildman–Crippen LogP) is 3.07. The molecular weight excluding hydrogens is 705 g/mol. The largest absolute Gasteiger partial charge is 0.366 e. The summed E-state index contributed by atoms with van der Waals surface area (Å²) >= 11 is 6.01. The van der Waals surface area contributed by atoms with E-state index in [0.717, 1.165) is 11.1 Å². The first-order valence-corrected chi connectivity index (χ1v) is 19.5. The molecule has 54 heavy (non-hydrogen) atoms. The molecule has 14 heteroatoms. The molecule has 2 aromatic rings. The molecule has 0 unspecified atom stereocenters. The summed E-state index contributed by atoms with van der Waals surface area (Å²) in [5.74, 6) is -2.34. The molecule has 2 aromatic carbocycles. The number of carbonyl (C=O) groups excluding carboxylic acids is 5. The SMILES string of the molecule is CC[C@@H](C)[C@@H]1NC(=S)[C@@H](Cc2ccccc2)NC(=O)[C@@H]2CCCN2C(=O)[C@@H](Cc2ccccc2)N(C)C(=O)[C@@H]2CCC=NN2C(=O)[C@H]2CCC=NN2C1=O. The number of amides is 5. The fourth-order valence-electron chi connectivity index (χ4n) is 7.71. The first-order valence-electron chi connectivity index (χ1n) is 19.1. The van der Waals surface area contributed by atoms with Gasteiger partial charge in [0.15, 0.2) is 0 Å². The maximum atomic E-state index is 14.7. The Morgan fingerprint density at radius 1 is 0.741 bits per heavy atom. The van der Waals surface area contributed by atoms with Crippen LogP contribution in [0.5, 0.6) is 0 Å². The van der Waals surface area contributed by atoms with Gasteiger partial charge < -0.3 is 20.4 Å². The van der Waals surface area contributed by atoms with Crippen LogP contribution in [0.25, 0.3) is 0 Å². The second-order valence-electron chi connectivity index (χ2n) is 14.6. The fourth-order valence-corrected chi connectivity index (χ4v) is 7.98. The van der Waals surface area contributed by atoms with E-state index in [4.69, 9.17) is 12.2 Å². The Labute approximate surface area is 322 Å². The molecule has 0 spiro atoms. The van der Waals surface area contributed by atoms with Gasteiger partial charge in [0.2, 0.25) is 17.7 Å². The topological polar surface area (TPSA) is 147 Å². The molecule has 4 aliphatic rings. The number of hydrazone groups is 2. The number of nitrogens with zero attached hydrogens (tertiary/aromatic N) is 6. The Hall–Kier alpha value is -4.98. The lowest BCUT2D eigenvalue weighted by atomic mass is 9.95.